The molecule has 1 unspecified atom stereocenters. The van der Waals surface area contributed by atoms with Crippen molar-refractivity contribution in [2.45, 2.75) is 38.1 Å². The highest BCUT2D eigenvalue weighted by Gasteiger charge is 2.25. The lowest BCUT2D eigenvalue weighted by Gasteiger charge is -2.24. The Balaban J connectivity index is 2.03. The molecule has 1 heterocycles. The number of rotatable bonds is 2. The Morgan fingerprint density at radius 2 is 2.07 bits per heavy atom. The maximum atomic E-state index is 4.31. The van der Waals surface area contributed by atoms with Crippen molar-refractivity contribution in [1.82, 2.24) is 0 Å². The van der Waals surface area contributed by atoms with Crippen LogP contribution in [-0.2, 0) is 0 Å². The van der Waals surface area contributed by atoms with Crippen LogP contribution in [0.2, 0.25) is 0 Å². The van der Waals surface area contributed by atoms with Gasteiger partial charge >= 0.3 is 0 Å². The van der Waals surface area contributed by atoms with Crippen molar-refractivity contribution in [2.24, 2.45) is 5.92 Å². The first kappa shape index (κ1) is 9.66. The molecule has 1 aromatic heterocycles. The van der Waals surface area contributed by atoms with Crippen LogP contribution in [0, 0.1) is 5.92 Å². The molecule has 1 aliphatic rings. The van der Waals surface area contributed by atoms with Crippen LogP contribution in [0.4, 0.5) is 0 Å². The molecule has 1 atom stereocenters. The first-order valence-electron chi connectivity index (χ1n) is 5.67. The van der Waals surface area contributed by atoms with Gasteiger partial charge in [0.15, 0.2) is 12.4 Å². The monoisotopic (exact) mass is 192 g/mol. The molecular weight excluding hydrogens is 172 g/mol. The van der Waals surface area contributed by atoms with Crippen LogP contribution >= 0.6 is 0 Å². The Morgan fingerprint density at radius 1 is 1.29 bits per heavy atom. The quantitative estimate of drug-likeness (QED) is 0.735. The minimum atomic E-state index is 0.479. The average Bonchev–Trinajstić information content (AvgIpc) is 2.30. The molecular formula is C12H20N2+2. The number of hydrogen-bond acceptors (Lipinski definition) is 0. The highest BCUT2D eigenvalue weighted by Crippen LogP contribution is 2.31. The van der Waals surface area contributed by atoms with Gasteiger partial charge in [0.2, 0.25) is 0 Å². The van der Waals surface area contributed by atoms with E-state index in [9.17, 15) is 0 Å². The number of pyridine rings is 1. The smallest absolute Gasteiger partial charge is 0.176 e. The molecule has 1 aliphatic carbocycles. The van der Waals surface area contributed by atoms with Crippen molar-refractivity contribution in [3.63, 3.8) is 0 Å². The lowest BCUT2D eigenvalue weighted by molar-refractivity contribution is -0.446. The molecule has 1 aromatic rings. The molecule has 1 saturated carbocycles. The van der Waals surface area contributed by atoms with E-state index in [-0.39, 0.29) is 0 Å². The van der Waals surface area contributed by atoms with Gasteiger partial charge in [-0.05, 0) is 18.9 Å². The van der Waals surface area contributed by atoms with E-state index in [0.29, 0.717) is 6.04 Å². The fraction of sp³-hybridized carbons (Fsp3) is 0.583. The summed E-state index contributed by atoms with van der Waals surface area (Å²) in [5.41, 5.74) is 5.67. The normalized spacial score (nSPS) is 20.6. The Hall–Kier alpha value is -0.890. The molecule has 0 amide bonds. The molecule has 1 fully saturated rings. The molecule has 14 heavy (non-hydrogen) atoms. The van der Waals surface area contributed by atoms with E-state index in [1.807, 2.05) is 6.20 Å². The lowest BCUT2D eigenvalue weighted by atomic mass is 9.82. The number of aromatic nitrogens is 1. The Bertz CT molecular complexity index is 265. The van der Waals surface area contributed by atoms with Crippen molar-refractivity contribution in [2.75, 3.05) is 0 Å². The summed E-state index contributed by atoms with van der Waals surface area (Å²) in [5, 5.41) is 0. The standard InChI is InChI=1S/C12H18N2/c13-12(10-5-2-1-3-6-10)11-7-4-8-14-9-11/h4,7-10,12H,1-3,5-6,13H2/p+2. The topological polar surface area (TPSA) is 41.8 Å². The number of quaternary nitrogens is 1. The van der Waals surface area contributed by atoms with E-state index < -0.39 is 0 Å². The van der Waals surface area contributed by atoms with Crippen LogP contribution in [0.1, 0.15) is 43.7 Å². The lowest BCUT2D eigenvalue weighted by Crippen LogP contribution is -2.57. The zero-order chi connectivity index (χ0) is 9.80. The molecule has 4 N–H and O–H groups in total. The van der Waals surface area contributed by atoms with Gasteiger partial charge < -0.3 is 5.73 Å². The van der Waals surface area contributed by atoms with Crippen LogP contribution in [0.25, 0.3) is 0 Å². The van der Waals surface area contributed by atoms with Gasteiger partial charge in [-0.15, -0.1) is 0 Å². The van der Waals surface area contributed by atoms with Gasteiger partial charge in [-0.3, -0.25) is 0 Å². The molecule has 2 nitrogen and oxygen atoms in total. The molecule has 0 saturated heterocycles. The maximum absolute atomic E-state index is 4.31. The molecule has 2 heteroatoms. The third-order valence-corrected chi connectivity index (χ3v) is 3.38. The zero-order valence-corrected chi connectivity index (χ0v) is 8.71. The first-order chi connectivity index (χ1) is 6.88. The van der Waals surface area contributed by atoms with Gasteiger partial charge in [0.25, 0.3) is 0 Å². The Kier molecular flexibility index (Phi) is 3.14. The number of aromatic amines is 1. The van der Waals surface area contributed by atoms with Crippen LogP contribution in [0.3, 0.4) is 0 Å². The molecule has 0 aliphatic heterocycles. The summed E-state index contributed by atoms with van der Waals surface area (Å²) in [7, 11) is 0. The summed E-state index contributed by atoms with van der Waals surface area (Å²) >= 11 is 0. The Labute approximate surface area is 85.5 Å². The zero-order valence-electron chi connectivity index (χ0n) is 8.71. The first-order valence-corrected chi connectivity index (χ1v) is 5.67. The van der Waals surface area contributed by atoms with E-state index >= 15 is 0 Å². The van der Waals surface area contributed by atoms with Crippen molar-refractivity contribution in [3.8, 4) is 0 Å². The van der Waals surface area contributed by atoms with Crippen molar-refractivity contribution in [3.05, 3.63) is 30.1 Å². The number of hydrogen-bond donors (Lipinski definition) is 1. The largest absolute Gasteiger partial charge is 0.351 e. The van der Waals surface area contributed by atoms with Crippen molar-refractivity contribution in [1.29, 1.82) is 0 Å². The fourth-order valence-electron chi connectivity index (χ4n) is 2.45. The van der Waals surface area contributed by atoms with Gasteiger partial charge in [-0.1, -0.05) is 19.3 Å². The summed E-state index contributed by atoms with van der Waals surface area (Å²) in [6.07, 6.45) is 11.0. The van der Waals surface area contributed by atoms with Crippen LogP contribution < -0.4 is 10.7 Å². The molecule has 0 spiro atoms. The Morgan fingerprint density at radius 3 is 2.71 bits per heavy atom. The number of nitrogens with one attached hydrogen (secondary N) is 1. The van der Waals surface area contributed by atoms with Gasteiger partial charge in [0.05, 0.1) is 5.56 Å². The minimum Gasteiger partial charge on any atom is -0.351 e. The van der Waals surface area contributed by atoms with E-state index in [1.165, 1.54) is 37.7 Å². The summed E-state index contributed by atoms with van der Waals surface area (Å²) in [6.45, 7) is 0. The van der Waals surface area contributed by atoms with Crippen molar-refractivity contribution < 1.29 is 10.7 Å². The van der Waals surface area contributed by atoms with Gasteiger partial charge in [-0.2, -0.15) is 0 Å². The number of H-pyrrole nitrogens is 1. The second kappa shape index (κ2) is 4.56. The van der Waals surface area contributed by atoms with E-state index in [0.717, 1.165) is 5.92 Å². The summed E-state index contributed by atoms with van der Waals surface area (Å²) in [6, 6.07) is 4.73. The second-order valence-corrected chi connectivity index (χ2v) is 4.34. The fourth-order valence-corrected chi connectivity index (χ4v) is 2.45. The predicted molar refractivity (Wildman–Crippen MR) is 55.2 cm³/mol. The van der Waals surface area contributed by atoms with Gasteiger partial charge in [0, 0.05) is 12.0 Å². The summed E-state index contributed by atoms with van der Waals surface area (Å²) < 4.78 is 0. The summed E-state index contributed by atoms with van der Waals surface area (Å²) in [4.78, 5) is 3.14. The SMILES string of the molecule is [NH3+]C(c1ccc[nH+]c1)C1CCCCC1. The molecule has 0 aromatic carbocycles. The third-order valence-electron chi connectivity index (χ3n) is 3.38. The van der Waals surface area contributed by atoms with Gasteiger partial charge in [-0.25, -0.2) is 4.98 Å². The van der Waals surface area contributed by atoms with Crippen molar-refractivity contribution >= 4 is 0 Å². The molecule has 2 rings (SSSR count). The summed E-state index contributed by atoms with van der Waals surface area (Å²) in [5.74, 6) is 0.805. The van der Waals surface area contributed by atoms with E-state index in [2.05, 4.69) is 29.0 Å². The molecule has 76 valence electrons. The molecule has 0 radical (unpaired) electrons. The average molecular weight is 192 g/mol. The highest BCUT2D eigenvalue weighted by atomic mass is 14.7. The highest BCUT2D eigenvalue weighted by molar-refractivity contribution is 5.09. The van der Waals surface area contributed by atoms with Gasteiger partial charge in [0.1, 0.15) is 6.04 Å². The predicted octanol–water partition coefficient (Wildman–Crippen LogP) is 1.36. The van der Waals surface area contributed by atoms with Crippen LogP contribution in [-0.4, -0.2) is 0 Å². The van der Waals surface area contributed by atoms with E-state index in [4.69, 9.17) is 0 Å². The molecule has 0 bridgehead atoms. The van der Waals surface area contributed by atoms with E-state index in [1.54, 1.807) is 0 Å². The third kappa shape index (κ3) is 2.13. The second-order valence-electron chi connectivity index (χ2n) is 4.34. The van der Waals surface area contributed by atoms with Crippen LogP contribution in [0.5, 0.6) is 0 Å². The maximum Gasteiger partial charge on any atom is 0.176 e. The minimum absolute atomic E-state index is 0.479. The van der Waals surface area contributed by atoms with Crippen LogP contribution in [0.15, 0.2) is 24.5 Å².